The van der Waals surface area contributed by atoms with E-state index >= 15 is 0 Å². The number of benzene rings is 2. The molecule has 0 saturated carbocycles. The molecule has 0 unspecified atom stereocenters. The van der Waals surface area contributed by atoms with Gasteiger partial charge < -0.3 is 34.7 Å². The Morgan fingerprint density at radius 2 is 1.92 bits per heavy atom. The lowest BCUT2D eigenvalue weighted by molar-refractivity contribution is -0.136. The number of hydrazone groups is 1. The Morgan fingerprint density at radius 1 is 1.18 bits per heavy atom. The lowest BCUT2D eigenvalue weighted by Crippen LogP contribution is -2.45. The summed E-state index contributed by atoms with van der Waals surface area (Å²) in [5.74, 6) is 0.843. The molecule has 2 aromatic rings. The van der Waals surface area contributed by atoms with Gasteiger partial charge in [0.25, 0.3) is 0 Å². The van der Waals surface area contributed by atoms with E-state index in [9.17, 15) is 14.7 Å². The molecule has 0 saturated heterocycles. The summed E-state index contributed by atoms with van der Waals surface area (Å²) in [6.07, 6.45) is 0.417. The summed E-state index contributed by atoms with van der Waals surface area (Å²) < 4.78 is 23.1. The maximum atomic E-state index is 12.4. The molecule has 2 aromatic carbocycles. The number of aliphatic hydroxyl groups excluding tert-OH is 1. The summed E-state index contributed by atoms with van der Waals surface area (Å²) in [6.45, 7) is 7.52. The van der Waals surface area contributed by atoms with E-state index in [2.05, 4.69) is 37.1 Å². The molecule has 0 aromatic heterocycles. The van der Waals surface area contributed by atoms with Crippen LogP contribution in [0.5, 0.6) is 17.2 Å². The number of rotatable bonds is 12. The summed E-state index contributed by atoms with van der Waals surface area (Å²) in [7, 11) is 1.28. The van der Waals surface area contributed by atoms with Crippen LogP contribution >= 0.6 is 15.9 Å². The molecule has 1 heterocycles. The number of esters is 1. The average molecular weight is 605 g/mol. The van der Waals surface area contributed by atoms with E-state index in [4.69, 9.17) is 18.9 Å². The highest BCUT2D eigenvalue weighted by Crippen LogP contribution is 2.35. The van der Waals surface area contributed by atoms with Crippen LogP contribution in [-0.4, -0.2) is 56.0 Å². The summed E-state index contributed by atoms with van der Waals surface area (Å²) in [6, 6.07) is 9.40. The van der Waals surface area contributed by atoms with Gasteiger partial charge in [0, 0.05) is 15.7 Å². The van der Waals surface area contributed by atoms with E-state index in [0.717, 1.165) is 10.0 Å². The normalized spacial score (nSPS) is 16.0. The zero-order valence-corrected chi connectivity index (χ0v) is 24.0. The van der Waals surface area contributed by atoms with Crippen LogP contribution in [-0.2, 0) is 9.53 Å². The number of urea groups is 1. The van der Waals surface area contributed by atoms with Crippen LogP contribution in [0.4, 0.5) is 4.79 Å². The van der Waals surface area contributed by atoms with Gasteiger partial charge in [0.05, 0.1) is 37.7 Å². The van der Waals surface area contributed by atoms with E-state index in [1.165, 1.54) is 7.11 Å². The Labute approximate surface area is 235 Å². The molecule has 0 spiro atoms. The molecular weight excluding hydrogens is 572 g/mol. The van der Waals surface area contributed by atoms with Gasteiger partial charge in [0.1, 0.15) is 12.4 Å². The molecule has 0 fully saturated rings. The van der Waals surface area contributed by atoms with Gasteiger partial charge in [0.2, 0.25) is 0 Å². The Bertz CT molecular complexity index is 1250. The Hall–Kier alpha value is -3.77. The predicted molar refractivity (Wildman–Crippen MR) is 149 cm³/mol. The average Bonchev–Trinajstić information content (AvgIpc) is 2.88. The molecule has 0 aliphatic carbocycles. The van der Waals surface area contributed by atoms with Crippen LogP contribution in [0.25, 0.3) is 0 Å². The number of ether oxygens (including phenoxy) is 4. The van der Waals surface area contributed by atoms with E-state index in [-0.39, 0.29) is 18.3 Å². The second kappa shape index (κ2) is 13.9. The molecule has 0 bridgehead atoms. The first-order valence-electron chi connectivity index (χ1n) is 12.3. The van der Waals surface area contributed by atoms with Gasteiger partial charge in [-0.25, -0.2) is 9.59 Å². The predicted octanol–water partition coefficient (Wildman–Crippen LogP) is 3.76. The van der Waals surface area contributed by atoms with Crippen molar-refractivity contribution in [3.8, 4) is 17.2 Å². The fourth-order valence-corrected chi connectivity index (χ4v) is 4.18. The number of aliphatic hydroxyl groups is 1. The Morgan fingerprint density at radius 3 is 2.62 bits per heavy atom. The molecule has 210 valence electrons. The smallest absolute Gasteiger partial charge is 0.337 e. The van der Waals surface area contributed by atoms with E-state index in [1.54, 1.807) is 31.3 Å². The van der Waals surface area contributed by atoms with Crippen molar-refractivity contribution in [3.05, 3.63) is 63.3 Å². The van der Waals surface area contributed by atoms with E-state index in [1.807, 2.05) is 39.0 Å². The van der Waals surface area contributed by atoms with Crippen LogP contribution in [0, 0.1) is 0 Å². The van der Waals surface area contributed by atoms with Gasteiger partial charge in [-0.3, -0.25) is 5.43 Å². The second-order valence-electron chi connectivity index (χ2n) is 8.76. The monoisotopic (exact) mass is 604 g/mol. The van der Waals surface area contributed by atoms with Gasteiger partial charge in [-0.05, 0) is 63.6 Å². The molecular formula is C27H33BrN4O7. The van der Waals surface area contributed by atoms with Crippen molar-refractivity contribution >= 4 is 34.1 Å². The maximum absolute atomic E-state index is 12.4. The summed E-state index contributed by atoms with van der Waals surface area (Å²) in [5.41, 5.74) is 4.62. The number of amides is 2. The van der Waals surface area contributed by atoms with Crippen LogP contribution in [0.1, 0.15) is 44.9 Å². The second-order valence-corrected chi connectivity index (χ2v) is 9.68. The van der Waals surface area contributed by atoms with Gasteiger partial charge in [0.15, 0.2) is 17.7 Å². The Balaban J connectivity index is 1.71. The summed E-state index contributed by atoms with van der Waals surface area (Å²) in [5, 5.41) is 19.8. The fourth-order valence-electron chi connectivity index (χ4n) is 3.80. The van der Waals surface area contributed by atoms with Crippen molar-refractivity contribution in [3.63, 3.8) is 0 Å². The van der Waals surface area contributed by atoms with Gasteiger partial charge in [-0.2, -0.15) is 5.10 Å². The summed E-state index contributed by atoms with van der Waals surface area (Å²) in [4.78, 5) is 24.5. The molecule has 39 heavy (non-hydrogen) atoms. The van der Waals surface area contributed by atoms with Gasteiger partial charge in [-0.15, -0.1) is 0 Å². The third-order valence-electron chi connectivity index (χ3n) is 5.43. The number of allylic oxidation sites excluding steroid dienone is 1. The standard InChI is InChI=1S/C27H33BrN4O7/c1-6-37-22-12-17(25-24(26(34)36-5)16(4)30-27(35)31-25)7-9-21(22)38-14-23(33)32-29-13-18-11-19(28)8-10-20(18)39-15(2)3/h7-13,15,23,25,32-33H,6,14H2,1-5H3,(H2,30,31,35)/b29-13+/t23-,25-/m0/s1. The highest BCUT2D eigenvalue weighted by molar-refractivity contribution is 9.10. The Kier molecular flexibility index (Phi) is 10.6. The highest BCUT2D eigenvalue weighted by atomic mass is 79.9. The molecule has 4 N–H and O–H groups in total. The molecule has 0 radical (unpaired) electrons. The largest absolute Gasteiger partial charge is 0.490 e. The van der Waals surface area contributed by atoms with Crippen molar-refractivity contribution in [2.45, 2.75) is 46.1 Å². The van der Waals surface area contributed by atoms with Crippen LogP contribution in [0.3, 0.4) is 0 Å². The first-order chi connectivity index (χ1) is 18.6. The highest BCUT2D eigenvalue weighted by Gasteiger charge is 2.32. The number of carbonyl (C=O) groups excluding carboxylic acids is 2. The molecule has 1 aliphatic rings. The zero-order chi connectivity index (χ0) is 28.5. The van der Waals surface area contributed by atoms with E-state index in [0.29, 0.717) is 35.1 Å². The number of nitrogens with one attached hydrogen (secondary N) is 3. The molecule has 11 nitrogen and oxygen atoms in total. The topological polar surface area (TPSA) is 140 Å². The number of halogens is 1. The molecule has 1 aliphatic heterocycles. The van der Waals surface area contributed by atoms with Crippen LogP contribution < -0.4 is 30.3 Å². The van der Waals surface area contributed by atoms with Crippen LogP contribution in [0.15, 0.2) is 57.2 Å². The number of nitrogens with zero attached hydrogens (tertiary/aromatic N) is 1. The van der Waals surface area contributed by atoms with Crippen molar-refractivity contribution in [1.82, 2.24) is 16.1 Å². The fraction of sp³-hybridized carbons (Fsp3) is 0.370. The zero-order valence-electron chi connectivity index (χ0n) is 22.4. The van der Waals surface area contributed by atoms with Gasteiger partial charge in [-0.1, -0.05) is 22.0 Å². The minimum atomic E-state index is -1.13. The van der Waals surface area contributed by atoms with Gasteiger partial charge >= 0.3 is 12.0 Å². The quantitative estimate of drug-likeness (QED) is 0.124. The number of hydrogen-bond donors (Lipinski definition) is 4. The van der Waals surface area contributed by atoms with Crippen molar-refractivity contribution < 1.29 is 33.6 Å². The number of carbonyl (C=O) groups is 2. The lowest BCUT2D eigenvalue weighted by Gasteiger charge is -2.28. The molecule has 3 rings (SSSR count). The van der Waals surface area contributed by atoms with Crippen molar-refractivity contribution in [2.75, 3.05) is 20.3 Å². The lowest BCUT2D eigenvalue weighted by atomic mass is 9.95. The minimum Gasteiger partial charge on any atom is -0.490 e. The number of hydrogen-bond acceptors (Lipinski definition) is 9. The molecule has 12 heteroatoms. The SMILES string of the molecule is CCOc1cc([C@@H]2NC(=O)NC(C)=C2C(=O)OC)ccc1OC[C@H](O)N/N=C/c1cc(Br)ccc1OC(C)C. The third kappa shape index (κ3) is 8.11. The first kappa shape index (κ1) is 29.8. The number of methoxy groups -OCH3 is 1. The first-order valence-corrected chi connectivity index (χ1v) is 13.1. The minimum absolute atomic E-state index is 0.00523. The van der Waals surface area contributed by atoms with Crippen molar-refractivity contribution in [1.29, 1.82) is 0 Å². The van der Waals surface area contributed by atoms with Crippen molar-refractivity contribution in [2.24, 2.45) is 5.10 Å². The molecule has 2 amide bonds. The molecule has 2 atom stereocenters. The third-order valence-corrected chi connectivity index (χ3v) is 5.93. The summed E-state index contributed by atoms with van der Waals surface area (Å²) >= 11 is 3.44. The van der Waals surface area contributed by atoms with E-state index < -0.39 is 24.3 Å². The maximum Gasteiger partial charge on any atom is 0.337 e. The van der Waals surface area contributed by atoms with Crippen LogP contribution in [0.2, 0.25) is 0 Å².